The van der Waals surface area contributed by atoms with E-state index in [1.807, 2.05) is 54.6 Å². The molecule has 41 heavy (non-hydrogen) atoms. The van der Waals surface area contributed by atoms with Gasteiger partial charge in [-0.3, -0.25) is 4.79 Å². The zero-order chi connectivity index (χ0) is 28.9. The Morgan fingerprint density at radius 3 is 1.80 bits per heavy atom. The number of carbonyl (C=O) groups excluding carboxylic acids is 1. The number of phenolic OH excluding ortho intramolecular Hbond substituents is 1. The number of nitriles is 1. The van der Waals surface area contributed by atoms with Crippen LogP contribution in [0, 0.1) is 11.3 Å². The minimum absolute atomic E-state index is 0. The van der Waals surface area contributed by atoms with Crippen molar-refractivity contribution in [2.45, 2.75) is 26.7 Å². The number of hydrogen-bond donors (Lipinski definition) is 2. The summed E-state index contributed by atoms with van der Waals surface area (Å²) in [4.78, 5) is 23.4. The Balaban J connectivity index is 0. The molecular weight excluding hydrogens is 631 g/mol. The lowest BCUT2D eigenvalue weighted by Crippen LogP contribution is -2.09. The average Bonchev–Trinajstić information content (AvgIpc) is 3.32. The van der Waals surface area contributed by atoms with Crippen LogP contribution in [0.4, 0.5) is 0 Å². The monoisotopic (exact) mass is 661 g/mol. The molecule has 0 bridgehead atoms. The van der Waals surface area contributed by atoms with Crippen molar-refractivity contribution in [2.75, 3.05) is 0 Å². The first kappa shape index (κ1) is 39.9. The van der Waals surface area contributed by atoms with E-state index in [0.717, 1.165) is 19.0 Å². The van der Waals surface area contributed by atoms with Crippen LogP contribution in [0.3, 0.4) is 0 Å². The van der Waals surface area contributed by atoms with Gasteiger partial charge in [-0.15, -0.1) is 12.6 Å². The van der Waals surface area contributed by atoms with Crippen LogP contribution in [0.15, 0.2) is 119 Å². The lowest BCUT2D eigenvalue weighted by Gasteiger charge is -2.05. The Labute approximate surface area is 267 Å². The molecule has 1 N–H and O–H groups in total. The van der Waals surface area contributed by atoms with Crippen LogP contribution in [0.2, 0.25) is 0 Å². The van der Waals surface area contributed by atoms with E-state index < -0.39 is 5.97 Å². The zero-order valence-corrected chi connectivity index (χ0v) is 25.5. The molecule has 0 saturated heterocycles. The summed E-state index contributed by atoms with van der Waals surface area (Å²) in [6.45, 7) is 1.43. The summed E-state index contributed by atoms with van der Waals surface area (Å²) in [6, 6.07) is 34.1. The van der Waals surface area contributed by atoms with Crippen molar-refractivity contribution in [2.24, 2.45) is 0 Å². The summed E-state index contributed by atoms with van der Waals surface area (Å²) in [5.74, 6) is 0.461. The van der Waals surface area contributed by atoms with E-state index in [9.17, 15) is 9.59 Å². The Hall–Kier alpha value is -3.24. The maximum Gasteiger partial charge on any atom is 0.344 e. The van der Waals surface area contributed by atoms with Gasteiger partial charge in [-0.25, -0.2) is 4.79 Å². The van der Waals surface area contributed by atoms with Crippen LogP contribution >= 0.6 is 33.3 Å². The highest BCUT2D eigenvalue weighted by molar-refractivity contribution is 8.37. The van der Waals surface area contributed by atoms with Crippen molar-refractivity contribution in [1.82, 2.24) is 0 Å². The summed E-state index contributed by atoms with van der Waals surface area (Å²) in [7, 11) is 3.76. The van der Waals surface area contributed by atoms with Gasteiger partial charge in [0.05, 0.1) is 17.0 Å². The first-order valence-corrected chi connectivity index (χ1v) is 16.1. The van der Waals surface area contributed by atoms with Crippen LogP contribution in [0.1, 0.15) is 32.1 Å². The lowest BCUT2D eigenvalue weighted by molar-refractivity contribution is 0.0731. The number of nitrogens with zero attached hydrogens (tertiary/aromatic N) is 1. The molecule has 0 fully saturated rings. The molecule has 0 spiro atoms. The van der Waals surface area contributed by atoms with Gasteiger partial charge in [0, 0.05) is 47.8 Å². The molecule has 5 nitrogen and oxygen atoms in total. The summed E-state index contributed by atoms with van der Waals surface area (Å²) in [6.07, 6.45) is 0. The SMILES string of the molecule is C.C.CC#N.O=C(Oc1ccccc1)c1ccccc1S.O=c1ssc2ccccc12.Oc1ccccc1.S=S=S. The number of ether oxygens (including phenoxy) is 1. The third-order valence-electron chi connectivity index (χ3n) is 4.15. The molecule has 216 valence electrons. The molecular formula is C30H31NO4S6. The van der Waals surface area contributed by atoms with Crippen LogP contribution < -0.4 is 9.48 Å². The Morgan fingerprint density at radius 1 is 0.854 bits per heavy atom. The highest BCUT2D eigenvalue weighted by Crippen LogP contribution is 2.19. The zero-order valence-electron chi connectivity index (χ0n) is 20.5. The molecule has 0 radical (unpaired) electrons. The third-order valence-corrected chi connectivity index (χ3v) is 6.77. The Kier molecular flexibility index (Phi) is 23.9. The number of aromatic hydroxyl groups is 1. The van der Waals surface area contributed by atoms with E-state index in [1.54, 1.807) is 71.0 Å². The topological polar surface area (TPSA) is 87.4 Å². The normalized spacial score (nSPS) is 8.32. The van der Waals surface area contributed by atoms with Gasteiger partial charge in [-0.05, 0) is 58.9 Å². The molecule has 0 aliphatic carbocycles. The van der Waals surface area contributed by atoms with Crippen LogP contribution in [-0.2, 0) is 31.3 Å². The van der Waals surface area contributed by atoms with Gasteiger partial charge in [0.2, 0.25) is 0 Å². The molecule has 0 saturated carbocycles. The van der Waals surface area contributed by atoms with E-state index in [-0.39, 0.29) is 19.6 Å². The summed E-state index contributed by atoms with van der Waals surface area (Å²) < 4.78 is 6.47. The fourth-order valence-corrected chi connectivity index (χ4v) is 4.90. The van der Waals surface area contributed by atoms with Crippen molar-refractivity contribution < 1.29 is 14.6 Å². The molecule has 5 rings (SSSR count). The number of rotatable bonds is 2. The third kappa shape index (κ3) is 16.6. The number of carbonyl (C=O) groups is 1. The standard InChI is InChI=1S/C13H10O2S.C7H4OS2.C6H6O.C2H3N.2CH4.S3/c14-13(11-8-4-5-9-12(11)16)15-10-6-2-1-3-7-10;8-7-5-3-1-2-4-6(5)9-10-7;7-6-4-2-1-3-5-6;1-2-3;;;1-3-2/h1-9,16H;1-4H;1-5,7H;1H3;2*1H4;. The van der Waals surface area contributed by atoms with Gasteiger partial charge in [-0.1, -0.05) is 85.9 Å². The number of benzene rings is 4. The van der Waals surface area contributed by atoms with E-state index >= 15 is 0 Å². The Morgan fingerprint density at radius 2 is 1.32 bits per heavy atom. The predicted molar refractivity (Wildman–Crippen MR) is 186 cm³/mol. The van der Waals surface area contributed by atoms with Gasteiger partial charge in [0.25, 0.3) is 4.74 Å². The molecule has 0 amide bonds. The number of phenols is 1. The van der Waals surface area contributed by atoms with E-state index in [1.165, 1.54) is 17.3 Å². The second-order valence-corrected chi connectivity index (χ2v) is 11.2. The van der Waals surface area contributed by atoms with Gasteiger partial charge in [-0.2, -0.15) is 5.26 Å². The first-order chi connectivity index (χ1) is 18.9. The minimum Gasteiger partial charge on any atom is -0.508 e. The number of thiol groups is 1. The van der Waals surface area contributed by atoms with E-state index in [2.05, 4.69) is 35.0 Å². The van der Waals surface area contributed by atoms with E-state index in [4.69, 9.17) is 15.1 Å². The molecule has 0 unspecified atom stereocenters. The largest absolute Gasteiger partial charge is 0.508 e. The quantitative estimate of drug-likeness (QED) is 0.0847. The van der Waals surface area contributed by atoms with Crippen molar-refractivity contribution in [3.63, 3.8) is 0 Å². The van der Waals surface area contributed by atoms with Crippen molar-refractivity contribution in [1.29, 1.82) is 5.26 Å². The van der Waals surface area contributed by atoms with Gasteiger partial charge in [0.1, 0.15) is 11.5 Å². The second kappa shape index (κ2) is 24.5. The summed E-state index contributed by atoms with van der Waals surface area (Å²) >= 11 is 12.5. The second-order valence-electron chi connectivity index (χ2n) is 6.80. The molecule has 0 aliphatic rings. The number of fused-ring (bicyclic) bond motifs is 1. The maximum absolute atomic E-state index is 11.8. The predicted octanol–water partition coefficient (Wildman–Crippen LogP) is 8.70. The molecule has 11 heteroatoms. The van der Waals surface area contributed by atoms with Crippen molar-refractivity contribution in [3.05, 3.63) is 124 Å². The summed E-state index contributed by atoms with van der Waals surface area (Å²) in [5, 5.41) is 16.8. The van der Waals surface area contributed by atoms with E-state index in [0.29, 0.717) is 22.0 Å². The Bertz CT molecular complexity index is 1540. The van der Waals surface area contributed by atoms with Gasteiger partial charge in [0.15, 0.2) is 0 Å². The molecule has 1 aromatic heterocycles. The molecule has 0 aliphatic heterocycles. The van der Waals surface area contributed by atoms with Gasteiger partial charge >= 0.3 is 5.97 Å². The maximum atomic E-state index is 11.8. The molecule has 0 atom stereocenters. The lowest BCUT2D eigenvalue weighted by atomic mass is 10.2. The fraction of sp³-hybridized carbons (Fsp3) is 0.100. The highest BCUT2D eigenvalue weighted by atomic mass is 33.1. The van der Waals surface area contributed by atoms with Crippen LogP contribution in [0.5, 0.6) is 11.5 Å². The fourth-order valence-electron chi connectivity index (χ4n) is 2.56. The smallest absolute Gasteiger partial charge is 0.344 e. The molecule has 1 heterocycles. The number of esters is 1. The number of hydrogen-bond acceptors (Lipinski definition) is 10. The van der Waals surface area contributed by atoms with Crippen molar-refractivity contribution >= 4 is 80.6 Å². The van der Waals surface area contributed by atoms with Crippen LogP contribution in [0.25, 0.3) is 10.1 Å². The molecule has 4 aromatic carbocycles. The highest BCUT2D eigenvalue weighted by Gasteiger charge is 2.10. The van der Waals surface area contributed by atoms with Crippen molar-refractivity contribution in [3.8, 4) is 17.6 Å². The number of para-hydroxylation sites is 2. The van der Waals surface area contributed by atoms with Crippen LogP contribution in [-0.4, -0.2) is 11.1 Å². The van der Waals surface area contributed by atoms with Gasteiger partial charge < -0.3 is 9.84 Å². The summed E-state index contributed by atoms with van der Waals surface area (Å²) in [5.41, 5.74) is 0.467. The minimum atomic E-state index is -0.392. The average molecular weight is 662 g/mol. The first-order valence-electron chi connectivity index (χ1n) is 10.9. The molecule has 5 aromatic rings.